The summed E-state index contributed by atoms with van der Waals surface area (Å²) in [4.78, 5) is 1.52. The molecule has 0 unspecified atom stereocenters. The van der Waals surface area contributed by atoms with E-state index in [0.717, 1.165) is 14.0 Å². The lowest BCUT2D eigenvalue weighted by Gasteiger charge is -2.01. The molecule has 2 aromatic rings. The van der Waals surface area contributed by atoms with Gasteiger partial charge in [-0.1, -0.05) is 11.6 Å². The summed E-state index contributed by atoms with van der Waals surface area (Å²) in [5, 5.41) is 9.54. The molecule has 0 bridgehead atoms. The van der Waals surface area contributed by atoms with Gasteiger partial charge in [-0.25, -0.2) is 0 Å². The maximum absolute atomic E-state index is 8.86. The van der Waals surface area contributed by atoms with Crippen LogP contribution in [0.4, 0.5) is 5.69 Å². The zero-order chi connectivity index (χ0) is 11.7. The number of rotatable bonds is 1. The van der Waals surface area contributed by atoms with Crippen molar-refractivity contribution in [3.8, 4) is 16.5 Å². The van der Waals surface area contributed by atoms with E-state index in [4.69, 9.17) is 22.6 Å². The van der Waals surface area contributed by atoms with E-state index >= 15 is 0 Å². The van der Waals surface area contributed by atoms with E-state index in [1.165, 1.54) is 11.3 Å². The highest BCUT2D eigenvalue weighted by atomic mass is 127. The van der Waals surface area contributed by atoms with Gasteiger partial charge in [-0.15, -0.1) is 11.3 Å². The fraction of sp³-hybridized carbons (Fsp3) is 0. The number of nitrogen functional groups attached to an aromatic ring is 1. The van der Waals surface area contributed by atoms with Crippen LogP contribution in [0.15, 0.2) is 24.3 Å². The third kappa shape index (κ3) is 2.17. The highest BCUT2D eigenvalue weighted by molar-refractivity contribution is 14.1. The van der Waals surface area contributed by atoms with Gasteiger partial charge in [0.15, 0.2) is 0 Å². The molecule has 1 aromatic carbocycles. The van der Waals surface area contributed by atoms with Gasteiger partial charge in [0.2, 0.25) is 0 Å². The Morgan fingerprint density at radius 2 is 2.12 bits per heavy atom. The molecule has 0 saturated heterocycles. The van der Waals surface area contributed by atoms with Crippen LogP contribution in [0.25, 0.3) is 10.4 Å². The summed E-state index contributed by atoms with van der Waals surface area (Å²) >= 11 is 9.58. The number of nitrogens with two attached hydrogens (primary N) is 1. The number of anilines is 1. The summed E-state index contributed by atoms with van der Waals surface area (Å²) < 4.78 is 1.09. The molecule has 5 heteroatoms. The Hall–Kier alpha value is -0.770. The molecule has 80 valence electrons. The average Bonchev–Trinajstić information content (AvgIpc) is 2.63. The van der Waals surface area contributed by atoms with Gasteiger partial charge in [-0.05, 0) is 46.9 Å². The highest BCUT2D eigenvalue weighted by Gasteiger charge is 2.10. The summed E-state index contributed by atoms with van der Waals surface area (Å²) in [6.45, 7) is 0. The fourth-order valence-electron chi connectivity index (χ4n) is 1.31. The predicted octanol–water partition coefficient (Wildman–Crippen LogP) is 4.13. The highest BCUT2D eigenvalue weighted by Crippen LogP contribution is 2.36. The molecular formula is C11H6ClIN2S. The van der Waals surface area contributed by atoms with Gasteiger partial charge in [-0.2, -0.15) is 5.26 Å². The van der Waals surface area contributed by atoms with E-state index in [-0.39, 0.29) is 0 Å². The van der Waals surface area contributed by atoms with Crippen molar-refractivity contribution in [2.75, 3.05) is 5.73 Å². The molecule has 0 radical (unpaired) electrons. The molecule has 0 spiro atoms. The molecule has 16 heavy (non-hydrogen) atoms. The van der Waals surface area contributed by atoms with Crippen LogP contribution in [-0.4, -0.2) is 0 Å². The fourth-order valence-corrected chi connectivity index (χ4v) is 3.20. The van der Waals surface area contributed by atoms with Gasteiger partial charge in [-0.3, -0.25) is 0 Å². The smallest absolute Gasteiger partial charge is 0.128 e. The number of benzene rings is 1. The average molecular weight is 361 g/mol. The first-order chi connectivity index (χ1) is 7.61. The molecular weight excluding hydrogens is 355 g/mol. The minimum atomic E-state index is 0.526. The van der Waals surface area contributed by atoms with Crippen molar-refractivity contribution in [1.82, 2.24) is 0 Å². The van der Waals surface area contributed by atoms with Crippen LogP contribution < -0.4 is 5.73 Å². The summed E-state index contributed by atoms with van der Waals surface area (Å²) in [5.74, 6) is 0. The van der Waals surface area contributed by atoms with Gasteiger partial charge in [0, 0.05) is 19.0 Å². The van der Waals surface area contributed by atoms with Crippen LogP contribution in [0.5, 0.6) is 0 Å². The second kappa shape index (κ2) is 4.62. The number of halogens is 2. The van der Waals surface area contributed by atoms with Gasteiger partial charge in [0.25, 0.3) is 0 Å². The summed E-state index contributed by atoms with van der Waals surface area (Å²) in [7, 11) is 0. The lowest BCUT2D eigenvalue weighted by atomic mass is 10.2. The van der Waals surface area contributed by atoms with E-state index in [0.29, 0.717) is 15.6 Å². The van der Waals surface area contributed by atoms with E-state index in [9.17, 15) is 0 Å². The summed E-state index contributed by atoms with van der Waals surface area (Å²) in [6.07, 6.45) is 0. The van der Waals surface area contributed by atoms with E-state index in [2.05, 4.69) is 28.7 Å². The minimum absolute atomic E-state index is 0.526. The molecule has 0 saturated carbocycles. The molecule has 1 heterocycles. The first kappa shape index (κ1) is 11.7. The van der Waals surface area contributed by atoms with Crippen molar-refractivity contribution < 1.29 is 0 Å². The second-order valence-corrected chi connectivity index (χ2v) is 5.78. The van der Waals surface area contributed by atoms with Gasteiger partial charge in [0.1, 0.15) is 10.9 Å². The molecule has 0 fully saturated rings. The molecule has 2 nitrogen and oxygen atoms in total. The van der Waals surface area contributed by atoms with E-state index in [1.54, 1.807) is 0 Å². The minimum Gasteiger partial charge on any atom is -0.397 e. The van der Waals surface area contributed by atoms with Crippen molar-refractivity contribution in [3.05, 3.63) is 37.7 Å². The molecule has 1 aromatic heterocycles. The number of nitriles is 1. The molecule has 2 rings (SSSR count). The van der Waals surface area contributed by atoms with Crippen molar-refractivity contribution in [3.63, 3.8) is 0 Å². The molecule has 0 aliphatic heterocycles. The summed E-state index contributed by atoms with van der Waals surface area (Å²) in [6, 6.07) is 9.57. The first-order valence-electron chi connectivity index (χ1n) is 4.36. The van der Waals surface area contributed by atoms with Crippen LogP contribution in [0, 0.1) is 14.9 Å². The van der Waals surface area contributed by atoms with Gasteiger partial charge < -0.3 is 5.73 Å². The number of hydrogen-bond acceptors (Lipinski definition) is 3. The second-order valence-electron chi connectivity index (χ2n) is 3.13. The third-order valence-corrected chi connectivity index (χ3v) is 4.32. The van der Waals surface area contributed by atoms with Crippen LogP contribution in [0.2, 0.25) is 5.02 Å². The van der Waals surface area contributed by atoms with E-state index < -0.39 is 0 Å². The SMILES string of the molecule is N#Cc1sc(-c2cc(Cl)ccc2I)cc1N. The number of hydrogen-bond donors (Lipinski definition) is 1. The third-order valence-electron chi connectivity index (χ3n) is 2.06. The molecule has 0 aliphatic carbocycles. The molecule has 0 amide bonds. The van der Waals surface area contributed by atoms with Crippen molar-refractivity contribution >= 4 is 51.2 Å². The van der Waals surface area contributed by atoms with Crippen molar-refractivity contribution in [2.45, 2.75) is 0 Å². The lowest BCUT2D eigenvalue weighted by molar-refractivity contribution is 1.52. The van der Waals surface area contributed by atoms with Crippen molar-refractivity contribution in [1.29, 1.82) is 5.26 Å². The Morgan fingerprint density at radius 3 is 2.75 bits per heavy atom. The Kier molecular flexibility index (Phi) is 3.38. The lowest BCUT2D eigenvalue weighted by Crippen LogP contribution is -1.82. The van der Waals surface area contributed by atoms with Crippen LogP contribution in [-0.2, 0) is 0 Å². The normalized spacial score (nSPS) is 10.1. The van der Waals surface area contributed by atoms with Crippen LogP contribution in [0.1, 0.15) is 4.88 Å². The molecule has 0 atom stereocenters. The standard InChI is InChI=1S/C11H6ClIN2S/c12-6-1-2-8(13)7(3-6)10-4-9(15)11(5-14)16-10/h1-4H,15H2. The number of nitrogens with zero attached hydrogens (tertiary/aromatic N) is 1. The zero-order valence-corrected chi connectivity index (χ0v) is 11.7. The Morgan fingerprint density at radius 1 is 1.38 bits per heavy atom. The largest absolute Gasteiger partial charge is 0.397 e. The Balaban J connectivity index is 2.59. The van der Waals surface area contributed by atoms with Crippen LogP contribution >= 0.6 is 45.5 Å². The monoisotopic (exact) mass is 360 g/mol. The predicted molar refractivity (Wildman–Crippen MR) is 76.6 cm³/mol. The first-order valence-corrected chi connectivity index (χ1v) is 6.64. The maximum Gasteiger partial charge on any atom is 0.128 e. The quantitative estimate of drug-likeness (QED) is 0.778. The summed E-state index contributed by atoms with van der Waals surface area (Å²) in [5.41, 5.74) is 7.28. The Labute approximate surface area is 116 Å². The maximum atomic E-state index is 8.86. The zero-order valence-electron chi connectivity index (χ0n) is 8.00. The van der Waals surface area contributed by atoms with Gasteiger partial charge >= 0.3 is 0 Å². The van der Waals surface area contributed by atoms with Crippen molar-refractivity contribution in [2.24, 2.45) is 0 Å². The number of thiophene rings is 1. The Bertz CT molecular complexity index is 586. The molecule has 0 aliphatic rings. The topological polar surface area (TPSA) is 49.8 Å². The van der Waals surface area contributed by atoms with E-state index in [1.807, 2.05) is 24.3 Å². The van der Waals surface area contributed by atoms with Gasteiger partial charge in [0.05, 0.1) is 5.69 Å². The van der Waals surface area contributed by atoms with Crippen LogP contribution in [0.3, 0.4) is 0 Å². The molecule has 2 N–H and O–H groups in total.